The van der Waals surface area contributed by atoms with Gasteiger partial charge in [-0.25, -0.2) is 4.79 Å². The van der Waals surface area contributed by atoms with Crippen LogP contribution in [0.4, 0.5) is 13.2 Å². The molecule has 78 valence electrons. The topological polar surface area (TPSA) is 62.0 Å². The first-order chi connectivity index (χ1) is 6.34. The van der Waals surface area contributed by atoms with Gasteiger partial charge < -0.3 is 5.11 Å². The molecule has 0 fully saturated rings. The minimum absolute atomic E-state index is 0.569. The third kappa shape index (κ3) is 3.00. The van der Waals surface area contributed by atoms with E-state index in [0.29, 0.717) is 6.21 Å². The number of hydrogen-bond donors (Lipinski definition) is 1. The van der Waals surface area contributed by atoms with Gasteiger partial charge in [0.1, 0.15) is 5.57 Å². The molecule has 0 spiro atoms. The highest BCUT2D eigenvalue weighted by atomic mass is 19.4. The summed E-state index contributed by atoms with van der Waals surface area (Å²) >= 11 is 0. The molecule has 0 unspecified atom stereocenters. The molecule has 0 aromatic heterocycles. The number of carboxylic acids is 1. The second kappa shape index (κ2) is 4.54. The highest BCUT2D eigenvalue weighted by molar-refractivity contribution is 6.09. The average molecular weight is 208 g/mol. The van der Waals surface area contributed by atoms with E-state index < -0.39 is 23.4 Å². The number of allylic oxidation sites excluding steroid dienone is 1. The molecule has 0 rings (SSSR count). The van der Waals surface area contributed by atoms with Crippen LogP contribution in [0.1, 0.15) is 0 Å². The minimum Gasteiger partial charge on any atom is -0.478 e. The molecule has 0 saturated carbocycles. The second-order valence-electron chi connectivity index (χ2n) is 2.11. The van der Waals surface area contributed by atoms with E-state index in [2.05, 4.69) is 16.7 Å². The Kier molecular flexibility index (Phi) is 4.00. The van der Waals surface area contributed by atoms with Crippen LogP contribution < -0.4 is 0 Å². The van der Waals surface area contributed by atoms with E-state index in [0.717, 1.165) is 7.05 Å². The Balaban J connectivity index is 5.54. The zero-order valence-electron chi connectivity index (χ0n) is 7.17. The van der Waals surface area contributed by atoms with Crippen LogP contribution in [0.5, 0.6) is 0 Å². The highest BCUT2D eigenvalue weighted by Gasteiger charge is 2.37. The summed E-state index contributed by atoms with van der Waals surface area (Å²) < 4.78 is 36.4. The molecular weight excluding hydrogens is 201 g/mol. The summed E-state index contributed by atoms with van der Waals surface area (Å²) in [6.45, 7) is 2.66. The largest absolute Gasteiger partial charge is 0.478 e. The van der Waals surface area contributed by atoms with E-state index in [-0.39, 0.29) is 0 Å². The molecule has 0 aliphatic rings. The monoisotopic (exact) mass is 208 g/mol. The third-order valence-electron chi connectivity index (χ3n) is 1.17. The zero-order valence-corrected chi connectivity index (χ0v) is 7.17. The van der Waals surface area contributed by atoms with Crippen molar-refractivity contribution < 1.29 is 23.1 Å². The molecule has 0 bridgehead atoms. The molecule has 7 heteroatoms. The van der Waals surface area contributed by atoms with Crippen LogP contribution in [0.25, 0.3) is 0 Å². The lowest BCUT2D eigenvalue weighted by molar-refractivity contribution is -0.133. The number of rotatable bonds is 3. The summed E-state index contributed by atoms with van der Waals surface area (Å²) in [7, 11) is 1.15. The van der Waals surface area contributed by atoms with Gasteiger partial charge in [0.25, 0.3) is 0 Å². The lowest BCUT2D eigenvalue weighted by atomic mass is 10.2. The standard InChI is InChI=1S/C7H7F3N2O2/c1-11-3-4(6(13)14)5(12-2)7(8,9)10/h3H,2H2,1H3,(H,13,14)/b5-4+,11-3?. The van der Waals surface area contributed by atoms with Crippen molar-refractivity contribution in [2.24, 2.45) is 9.98 Å². The Morgan fingerprint density at radius 1 is 1.50 bits per heavy atom. The molecule has 0 radical (unpaired) electrons. The number of alkyl halides is 3. The van der Waals surface area contributed by atoms with Gasteiger partial charge in [-0.2, -0.15) is 13.2 Å². The molecule has 4 nitrogen and oxygen atoms in total. The number of hydrogen-bond acceptors (Lipinski definition) is 3. The van der Waals surface area contributed by atoms with Gasteiger partial charge in [0.15, 0.2) is 5.70 Å². The number of carbonyl (C=O) groups is 1. The maximum Gasteiger partial charge on any atom is 0.434 e. The molecule has 0 atom stereocenters. The maximum atomic E-state index is 12.1. The van der Waals surface area contributed by atoms with Crippen LogP contribution in [-0.2, 0) is 4.79 Å². The third-order valence-corrected chi connectivity index (χ3v) is 1.17. The summed E-state index contributed by atoms with van der Waals surface area (Å²) in [5, 5.41) is 8.43. The lowest BCUT2D eigenvalue weighted by Gasteiger charge is -2.07. The fraction of sp³-hybridized carbons (Fsp3) is 0.286. The van der Waals surface area contributed by atoms with E-state index in [9.17, 15) is 18.0 Å². The van der Waals surface area contributed by atoms with Crippen LogP contribution >= 0.6 is 0 Å². The molecule has 0 aliphatic heterocycles. The fourth-order valence-corrected chi connectivity index (χ4v) is 0.674. The quantitative estimate of drug-likeness (QED) is 0.561. The first-order valence-electron chi connectivity index (χ1n) is 3.28. The van der Waals surface area contributed by atoms with Crippen LogP contribution in [0.15, 0.2) is 21.3 Å². The van der Waals surface area contributed by atoms with Gasteiger partial charge in [-0.05, 0) is 6.72 Å². The van der Waals surface area contributed by atoms with Crippen molar-refractivity contribution in [2.45, 2.75) is 6.18 Å². The summed E-state index contributed by atoms with van der Waals surface area (Å²) in [5.74, 6) is -1.75. The maximum absolute atomic E-state index is 12.1. The van der Waals surface area contributed by atoms with E-state index in [1.807, 2.05) is 0 Å². The summed E-state index contributed by atoms with van der Waals surface area (Å²) in [6, 6.07) is 0. The van der Waals surface area contributed by atoms with E-state index >= 15 is 0 Å². The van der Waals surface area contributed by atoms with Crippen molar-refractivity contribution >= 4 is 18.9 Å². The summed E-state index contributed by atoms with van der Waals surface area (Å²) in [4.78, 5) is 16.2. The molecule has 1 N–H and O–H groups in total. The second-order valence-corrected chi connectivity index (χ2v) is 2.11. The van der Waals surface area contributed by atoms with Crippen LogP contribution in [0.2, 0.25) is 0 Å². The first kappa shape index (κ1) is 12.3. The van der Waals surface area contributed by atoms with Gasteiger partial charge in [0.2, 0.25) is 0 Å². The van der Waals surface area contributed by atoms with Gasteiger partial charge in [0.05, 0.1) is 0 Å². The van der Waals surface area contributed by atoms with Crippen LogP contribution in [0.3, 0.4) is 0 Å². The Morgan fingerprint density at radius 2 is 2.00 bits per heavy atom. The Labute approximate surface area is 77.5 Å². The van der Waals surface area contributed by atoms with Gasteiger partial charge in [-0.3, -0.25) is 9.98 Å². The predicted molar refractivity (Wildman–Crippen MR) is 44.7 cm³/mol. The average Bonchev–Trinajstić information content (AvgIpc) is 2.01. The van der Waals surface area contributed by atoms with E-state index in [1.165, 1.54) is 0 Å². The lowest BCUT2D eigenvalue weighted by Crippen LogP contribution is -2.17. The SMILES string of the molecule is C=N/C(=C(\C=NC)C(=O)O)C(F)(F)F. The smallest absolute Gasteiger partial charge is 0.434 e. The number of halogens is 3. The van der Waals surface area contributed by atoms with Crippen LogP contribution in [-0.4, -0.2) is 37.2 Å². The van der Waals surface area contributed by atoms with Crippen molar-refractivity contribution in [1.82, 2.24) is 0 Å². The van der Waals surface area contributed by atoms with Crippen molar-refractivity contribution in [3.63, 3.8) is 0 Å². The summed E-state index contributed by atoms with van der Waals surface area (Å²) in [6.07, 6.45) is -4.28. The predicted octanol–water partition coefficient (Wildman–Crippen LogP) is 1.29. The number of nitrogens with zero attached hydrogens (tertiary/aromatic N) is 2. The number of aliphatic carboxylic acids is 1. The van der Waals surface area contributed by atoms with Crippen molar-refractivity contribution in [3.05, 3.63) is 11.3 Å². The Hall–Kier alpha value is -1.66. The molecular formula is C7H7F3N2O2. The Morgan fingerprint density at radius 3 is 2.21 bits per heavy atom. The first-order valence-corrected chi connectivity index (χ1v) is 3.28. The molecule has 0 saturated heterocycles. The highest BCUT2D eigenvalue weighted by Crippen LogP contribution is 2.28. The van der Waals surface area contributed by atoms with Crippen molar-refractivity contribution in [1.29, 1.82) is 0 Å². The molecule has 0 aliphatic carbocycles. The van der Waals surface area contributed by atoms with Crippen molar-refractivity contribution in [2.75, 3.05) is 7.05 Å². The fourth-order valence-electron chi connectivity index (χ4n) is 0.674. The zero-order chi connectivity index (χ0) is 11.4. The molecule has 0 aromatic carbocycles. The Bertz CT molecular complexity index is 305. The van der Waals surface area contributed by atoms with Gasteiger partial charge in [-0.1, -0.05) is 0 Å². The minimum atomic E-state index is -4.85. The van der Waals surface area contributed by atoms with E-state index in [4.69, 9.17) is 5.11 Å². The van der Waals surface area contributed by atoms with Gasteiger partial charge in [-0.15, -0.1) is 0 Å². The van der Waals surface area contributed by atoms with Crippen LogP contribution in [0, 0.1) is 0 Å². The van der Waals surface area contributed by atoms with Gasteiger partial charge >= 0.3 is 12.1 Å². The summed E-state index contributed by atoms with van der Waals surface area (Å²) in [5.41, 5.74) is -2.59. The van der Waals surface area contributed by atoms with Gasteiger partial charge in [0, 0.05) is 13.3 Å². The van der Waals surface area contributed by atoms with E-state index in [1.54, 1.807) is 0 Å². The molecule has 0 heterocycles. The van der Waals surface area contributed by atoms with Crippen molar-refractivity contribution in [3.8, 4) is 0 Å². The number of carboxylic acid groups (broad SMARTS) is 1. The molecule has 0 amide bonds. The molecule has 14 heavy (non-hydrogen) atoms. The molecule has 0 aromatic rings. The number of aliphatic imine (C=N–C) groups is 2. The normalized spacial score (nSPS) is 14.0.